The minimum absolute atomic E-state index is 0.0546. The van der Waals surface area contributed by atoms with Crippen molar-refractivity contribution in [3.63, 3.8) is 0 Å². The number of aryl methyl sites for hydroxylation is 1. The van der Waals surface area contributed by atoms with Gasteiger partial charge < -0.3 is 19.5 Å². The van der Waals surface area contributed by atoms with Crippen molar-refractivity contribution in [3.05, 3.63) is 42.0 Å². The number of nitrogens with zero attached hydrogens (tertiary/aromatic N) is 1. The second-order valence-corrected chi connectivity index (χ2v) is 9.32. The summed E-state index contributed by atoms with van der Waals surface area (Å²) in [6.45, 7) is 3.68. The SMILES string of the molecule is COc1cc(S(=O)(=O)N2c3ccccc3CC[C@H]2C(=O)NC(C)C)cc(OC)c1OC. The van der Waals surface area contributed by atoms with Crippen molar-refractivity contribution in [1.29, 1.82) is 0 Å². The van der Waals surface area contributed by atoms with E-state index in [4.69, 9.17) is 14.2 Å². The van der Waals surface area contributed by atoms with Crippen molar-refractivity contribution in [1.82, 2.24) is 5.32 Å². The average molecular weight is 449 g/mol. The molecule has 0 aliphatic carbocycles. The molecule has 1 N–H and O–H groups in total. The number of nitrogens with one attached hydrogen (secondary N) is 1. The first-order valence-electron chi connectivity index (χ1n) is 9.97. The third-order valence-corrected chi connectivity index (χ3v) is 6.93. The van der Waals surface area contributed by atoms with Crippen LogP contribution in [0.2, 0.25) is 0 Å². The smallest absolute Gasteiger partial charge is 0.265 e. The van der Waals surface area contributed by atoms with Crippen LogP contribution in [0.15, 0.2) is 41.3 Å². The first kappa shape index (κ1) is 22.7. The lowest BCUT2D eigenvalue weighted by atomic mass is 9.97. The maximum absolute atomic E-state index is 13.9. The van der Waals surface area contributed by atoms with E-state index in [9.17, 15) is 13.2 Å². The van der Waals surface area contributed by atoms with E-state index in [1.54, 1.807) is 12.1 Å². The van der Waals surface area contributed by atoms with E-state index in [-0.39, 0.29) is 34.1 Å². The van der Waals surface area contributed by atoms with Crippen LogP contribution in [0.4, 0.5) is 5.69 Å². The van der Waals surface area contributed by atoms with E-state index < -0.39 is 16.1 Å². The second-order valence-electron chi connectivity index (χ2n) is 7.51. The zero-order valence-corrected chi connectivity index (χ0v) is 19.2. The van der Waals surface area contributed by atoms with Crippen LogP contribution >= 0.6 is 0 Å². The maximum Gasteiger partial charge on any atom is 0.265 e. The second kappa shape index (κ2) is 9.05. The van der Waals surface area contributed by atoms with Crippen molar-refractivity contribution in [2.75, 3.05) is 25.6 Å². The molecule has 1 atom stereocenters. The number of anilines is 1. The molecule has 1 amide bonds. The third-order valence-electron chi connectivity index (χ3n) is 5.13. The molecule has 2 aromatic rings. The zero-order valence-electron chi connectivity index (χ0n) is 18.3. The molecule has 0 spiro atoms. The number of amides is 1. The van der Waals surface area contributed by atoms with Crippen molar-refractivity contribution in [3.8, 4) is 17.2 Å². The molecule has 1 heterocycles. The molecule has 9 heteroatoms. The number of carbonyl (C=O) groups excluding carboxylic acids is 1. The molecule has 0 radical (unpaired) electrons. The molecule has 1 aliphatic heterocycles. The van der Waals surface area contributed by atoms with E-state index in [2.05, 4.69) is 5.32 Å². The lowest BCUT2D eigenvalue weighted by molar-refractivity contribution is -0.122. The Morgan fingerprint density at radius 1 is 1.06 bits per heavy atom. The highest BCUT2D eigenvalue weighted by Gasteiger charge is 2.40. The first-order chi connectivity index (χ1) is 14.7. The summed E-state index contributed by atoms with van der Waals surface area (Å²) in [4.78, 5) is 12.9. The normalized spacial score (nSPS) is 15.9. The van der Waals surface area contributed by atoms with Gasteiger partial charge in [-0.15, -0.1) is 0 Å². The number of carbonyl (C=O) groups is 1. The van der Waals surface area contributed by atoms with Gasteiger partial charge in [-0.2, -0.15) is 0 Å². The lowest BCUT2D eigenvalue weighted by Gasteiger charge is -2.37. The Labute approximate surface area is 183 Å². The fourth-order valence-electron chi connectivity index (χ4n) is 3.75. The van der Waals surface area contributed by atoms with Crippen LogP contribution < -0.4 is 23.8 Å². The molecule has 168 valence electrons. The van der Waals surface area contributed by atoms with Gasteiger partial charge in [0.05, 0.1) is 31.9 Å². The molecule has 3 rings (SSSR count). The third kappa shape index (κ3) is 4.27. The number of fused-ring (bicyclic) bond motifs is 1. The van der Waals surface area contributed by atoms with E-state index in [1.165, 1.54) is 37.8 Å². The van der Waals surface area contributed by atoms with Gasteiger partial charge in [0.2, 0.25) is 11.7 Å². The standard InChI is InChI=1S/C22H28N2O6S/c1-14(2)23-22(25)18-11-10-15-8-6-7-9-17(15)24(18)31(26,27)16-12-19(28-3)21(30-5)20(13-16)29-4/h6-9,12-14,18H,10-11H2,1-5H3,(H,23,25)/t18-/m0/s1. The predicted molar refractivity (Wildman–Crippen MR) is 118 cm³/mol. The molecule has 1 aliphatic rings. The highest BCUT2D eigenvalue weighted by molar-refractivity contribution is 7.93. The van der Waals surface area contributed by atoms with E-state index in [0.717, 1.165) is 5.56 Å². The molecular weight excluding hydrogens is 420 g/mol. The van der Waals surface area contributed by atoms with Crippen molar-refractivity contribution in [2.24, 2.45) is 0 Å². The van der Waals surface area contributed by atoms with Gasteiger partial charge in [0.25, 0.3) is 10.0 Å². The van der Waals surface area contributed by atoms with E-state index >= 15 is 0 Å². The summed E-state index contributed by atoms with van der Waals surface area (Å²) in [6, 6.07) is 8.99. The molecule has 8 nitrogen and oxygen atoms in total. The molecule has 0 unspecified atom stereocenters. The Morgan fingerprint density at radius 3 is 2.23 bits per heavy atom. The Balaban J connectivity index is 2.19. The van der Waals surface area contributed by atoms with Crippen molar-refractivity contribution in [2.45, 2.75) is 43.7 Å². The van der Waals surface area contributed by atoms with Crippen LogP contribution in [-0.2, 0) is 21.2 Å². The summed E-state index contributed by atoms with van der Waals surface area (Å²) >= 11 is 0. The molecular formula is C22H28N2O6S. The quantitative estimate of drug-likeness (QED) is 0.700. The van der Waals surface area contributed by atoms with Crippen LogP contribution in [0, 0.1) is 0 Å². The van der Waals surface area contributed by atoms with Crippen LogP contribution in [0.1, 0.15) is 25.8 Å². The summed E-state index contributed by atoms with van der Waals surface area (Å²) in [5, 5.41) is 2.85. The summed E-state index contributed by atoms with van der Waals surface area (Å²) in [5.41, 5.74) is 1.36. The number of hydrogen-bond acceptors (Lipinski definition) is 6. The van der Waals surface area contributed by atoms with Crippen LogP contribution in [0.25, 0.3) is 0 Å². The Morgan fingerprint density at radius 2 is 1.68 bits per heavy atom. The molecule has 2 aromatic carbocycles. The van der Waals surface area contributed by atoms with Crippen LogP contribution in [0.5, 0.6) is 17.2 Å². The van der Waals surface area contributed by atoms with Gasteiger partial charge in [-0.05, 0) is 38.3 Å². The highest BCUT2D eigenvalue weighted by Crippen LogP contribution is 2.42. The number of sulfonamides is 1. The topological polar surface area (TPSA) is 94.2 Å². The van der Waals surface area contributed by atoms with Gasteiger partial charge in [0.15, 0.2) is 11.5 Å². The zero-order chi connectivity index (χ0) is 22.8. The number of benzene rings is 2. The number of para-hydroxylation sites is 1. The Bertz CT molecular complexity index is 1040. The van der Waals surface area contributed by atoms with Crippen LogP contribution in [-0.4, -0.2) is 47.7 Å². The molecule has 0 aromatic heterocycles. The molecule has 31 heavy (non-hydrogen) atoms. The van der Waals surface area contributed by atoms with Gasteiger partial charge in [-0.3, -0.25) is 9.10 Å². The molecule has 0 fully saturated rings. The molecule has 0 bridgehead atoms. The Kier molecular flexibility index (Phi) is 6.64. The monoisotopic (exact) mass is 448 g/mol. The number of hydrogen-bond donors (Lipinski definition) is 1. The summed E-state index contributed by atoms with van der Waals surface area (Å²) < 4.78 is 44.9. The van der Waals surface area contributed by atoms with Gasteiger partial charge in [-0.1, -0.05) is 18.2 Å². The van der Waals surface area contributed by atoms with Gasteiger partial charge >= 0.3 is 0 Å². The van der Waals surface area contributed by atoms with Gasteiger partial charge in [0, 0.05) is 18.2 Å². The lowest BCUT2D eigenvalue weighted by Crippen LogP contribution is -2.53. The maximum atomic E-state index is 13.9. The largest absolute Gasteiger partial charge is 0.493 e. The van der Waals surface area contributed by atoms with Crippen molar-refractivity contribution < 1.29 is 27.4 Å². The summed E-state index contributed by atoms with van der Waals surface area (Å²) in [5.74, 6) is 0.389. The minimum Gasteiger partial charge on any atom is -0.493 e. The first-order valence-corrected chi connectivity index (χ1v) is 11.4. The fourth-order valence-corrected chi connectivity index (χ4v) is 5.46. The predicted octanol–water partition coefficient (Wildman–Crippen LogP) is 2.75. The number of methoxy groups -OCH3 is 3. The fraction of sp³-hybridized carbons (Fsp3) is 0.409. The Hall–Kier alpha value is -2.94. The van der Waals surface area contributed by atoms with Crippen molar-refractivity contribution >= 4 is 21.6 Å². The molecule has 0 saturated carbocycles. The minimum atomic E-state index is -4.14. The summed E-state index contributed by atoms with van der Waals surface area (Å²) in [7, 11) is 0.146. The number of rotatable bonds is 7. The highest BCUT2D eigenvalue weighted by atomic mass is 32.2. The van der Waals surface area contributed by atoms with E-state index in [0.29, 0.717) is 18.5 Å². The number of ether oxygens (including phenoxy) is 3. The average Bonchev–Trinajstić information content (AvgIpc) is 2.76. The van der Waals surface area contributed by atoms with Gasteiger partial charge in [0.1, 0.15) is 6.04 Å². The molecule has 0 saturated heterocycles. The van der Waals surface area contributed by atoms with E-state index in [1.807, 2.05) is 26.0 Å². The summed E-state index contributed by atoms with van der Waals surface area (Å²) in [6.07, 6.45) is 0.979. The van der Waals surface area contributed by atoms with Gasteiger partial charge in [-0.25, -0.2) is 8.42 Å². The van der Waals surface area contributed by atoms with Crippen LogP contribution in [0.3, 0.4) is 0 Å².